The van der Waals surface area contributed by atoms with Gasteiger partial charge in [0.1, 0.15) is 0 Å². The Morgan fingerprint density at radius 3 is 2.34 bits per heavy atom. The second kappa shape index (κ2) is 11.0. The van der Waals surface area contributed by atoms with Gasteiger partial charge in [-0.15, -0.1) is 0 Å². The molecule has 172 valence electrons. The van der Waals surface area contributed by atoms with Gasteiger partial charge in [0.05, 0.1) is 19.6 Å². The Kier molecular flexibility index (Phi) is 7.85. The summed E-state index contributed by atoms with van der Waals surface area (Å²) < 4.78 is 7.30. The zero-order chi connectivity index (χ0) is 22.2. The SMILES string of the molecule is CCCCN(C(=O)O[C@@H]1CC2CC[N+]1(CCCCc1ccccc1)CC2)c1ccccc1. The number of fused-ring (bicyclic) bond motifs is 3. The number of carbonyl (C=O) groups excluding carboxylic acids is 1. The van der Waals surface area contributed by atoms with E-state index in [-0.39, 0.29) is 12.3 Å². The molecule has 0 radical (unpaired) electrons. The van der Waals surface area contributed by atoms with Gasteiger partial charge in [-0.25, -0.2) is 4.79 Å². The number of carbonyl (C=O) groups is 1. The molecule has 0 unspecified atom stereocenters. The van der Waals surface area contributed by atoms with Crippen LogP contribution in [0.5, 0.6) is 0 Å². The summed E-state index contributed by atoms with van der Waals surface area (Å²) in [5.74, 6) is 0.720. The number of rotatable bonds is 10. The first-order chi connectivity index (χ1) is 15.7. The lowest BCUT2D eigenvalue weighted by molar-refractivity contribution is -0.984. The molecule has 0 spiro atoms. The van der Waals surface area contributed by atoms with Gasteiger partial charge in [-0.05, 0) is 49.3 Å². The summed E-state index contributed by atoms with van der Waals surface area (Å²) in [6, 6.07) is 20.8. The van der Waals surface area contributed by atoms with Crippen molar-refractivity contribution in [3.05, 3.63) is 66.2 Å². The minimum absolute atomic E-state index is 0.0135. The number of hydrogen-bond donors (Lipinski definition) is 0. The third kappa shape index (κ3) is 5.53. The molecule has 2 aromatic rings. The third-order valence-electron chi connectivity index (χ3n) is 7.53. The van der Waals surface area contributed by atoms with Crippen LogP contribution in [0.1, 0.15) is 57.4 Å². The van der Waals surface area contributed by atoms with Crippen molar-refractivity contribution in [3.8, 4) is 0 Å². The molecule has 5 rings (SSSR count). The fraction of sp³-hybridized carbons (Fsp3) is 0.536. The number of benzene rings is 2. The molecule has 1 amide bonds. The third-order valence-corrected chi connectivity index (χ3v) is 7.53. The van der Waals surface area contributed by atoms with Crippen LogP contribution in [0.25, 0.3) is 0 Å². The van der Waals surface area contributed by atoms with Crippen molar-refractivity contribution in [2.45, 2.75) is 64.5 Å². The van der Waals surface area contributed by atoms with Crippen molar-refractivity contribution in [1.82, 2.24) is 0 Å². The van der Waals surface area contributed by atoms with Gasteiger partial charge >= 0.3 is 6.09 Å². The topological polar surface area (TPSA) is 29.5 Å². The van der Waals surface area contributed by atoms with Crippen LogP contribution < -0.4 is 4.90 Å². The lowest BCUT2D eigenvalue weighted by Crippen LogP contribution is -2.66. The van der Waals surface area contributed by atoms with Gasteiger partial charge < -0.3 is 4.74 Å². The van der Waals surface area contributed by atoms with E-state index in [0.29, 0.717) is 6.54 Å². The number of nitrogens with zero attached hydrogens (tertiary/aromatic N) is 2. The van der Waals surface area contributed by atoms with Gasteiger partial charge in [0.15, 0.2) is 0 Å². The van der Waals surface area contributed by atoms with E-state index in [1.807, 2.05) is 35.2 Å². The van der Waals surface area contributed by atoms with E-state index >= 15 is 0 Å². The molecule has 32 heavy (non-hydrogen) atoms. The number of ether oxygens (including phenoxy) is 1. The largest absolute Gasteiger partial charge is 0.418 e. The summed E-state index contributed by atoms with van der Waals surface area (Å²) in [4.78, 5) is 15.2. The highest BCUT2D eigenvalue weighted by Gasteiger charge is 2.49. The van der Waals surface area contributed by atoms with E-state index < -0.39 is 0 Å². The Hall–Kier alpha value is -2.33. The van der Waals surface area contributed by atoms with Crippen molar-refractivity contribution in [3.63, 3.8) is 0 Å². The van der Waals surface area contributed by atoms with Crippen molar-refractivity contribution in [1.29, 1.82) is 0 Å². The first kappa shape index (κ1) is 22.8. The maximum Gasteiger partial charge on any atom is 0.418 e. The first-order valence-electron chi connectivity index (χ1n) is 12.6. The van der Waals surface area contributed by atoms with Crippen LogP contribution >= 0.6 is 0 Å². The number of aryl methyl sites for hydroxylation is 1. The van der Waals surface area contributed by atoms with Gasteiger partial charge in [-0.2, -0.15) is 0 Å². The molecule has 0 N–H and O–H groups in total. The minimum atomic E-state index is -0.163. The smallest absolute Gasteiger partial charge is 0.396 e. The maximum atomic E-state index is 13.3. The van der Waals surface area contributed by atoms with Gasteiger partial charge in [-0.1, -0.05) is 61.9 Å². The lowest BCUT2D eigenvalue weighted by atomic mass is 9.84. The second-order valence-corrected chi connectivity index (χ2v) is 9.69. The quantitative estimate of drug-likeness (QED) is 0.319. The Balaban J connectivity index is 1.39. The highest BCUT2D eigenvalue weighted by molar-refractivity contribution is 5.87. The van der Waals surface area contributed by atoms with Crippen LogP contribution in [0, 0.1) is 5.92 Å². The molecule has 2 aromatic carbocycles. The molecular weight excluding hydrogens is 396 g/mol. The Bertz CT molecular complexity index is 831. The molecule has 0 saturated carbocycles. The molecule has 2 bridgehead atoms. The monoisotopic (exact) mass is 435 g/mol. The zero-order valence-electron chi connectivity index (χ0n) is 19.6. The molecule has 4 heteroatoms. The van der Waals surface area contributed by atoms with Crippen LogP contribution in [0.2, 0.25) is 0 Å². The van der Waals surface area contributed by atoms with Crippen molar-refractivity contribution in [2.24, 2.45) is 5.92 Å². The van der Waals surface area contributed by atoms with Gasteiger partial charge in [-0.3, -0.25) is 9.38 Å². The highest BCUT2D eigenvalue weighted by Crippen LogP contribution is 2.39. The Morgan fingerprint density at radius 2 is 1.66 bits per heavy atom. The Labute approximate surface area is 193 Å². The summed E-state index contributed by atoms with van der Waals surface area (Å²) in [6.45, 7) is 6.32. The molecule has 3 saturated heterocycles. The molecule has 3 heterocycles. The summed E-state index contributed by atoms with van der Waals surface area (Å²) >= 11 is 0. The lowest BCUT2D eigenvalue weighted by Gasteiger charge is -2.53. The standard InChI is InChI=1S/C28H39N2O2/c1-2-3-19-29(26-15-8-5-9-16-26)28(31)32-27-23-25-17-21-30(27,22-18-25)20-11-10-14-24-12-6-4-7-13-24/h4-9,12-13,15-16,25,27H,2-3,10-11,14,17-23H2,1H3/q+1/t25?,27-,30?/m1/s1. The van der Waals surface area contributed by atoms with Crippen molar-refractivity contribution < 1.29 is 14.0 Å². The number of para-hydroxylation sites is 1. The molecule has 3 aliphatic rings. The number of anilines is 1. The molecule has 3 fully saturated rings. The van der Waals surface area contributed by atoms with E-state index in [9.17, 15) is 4.79 Å². The summed E-state index contributed by atoms with van der Waals surface area (Å²) in [5.41, 5.74) is 2.36. The van der Waals surface area contributed by atoms with Crippen molar-refractivity contribution >= 4 is 11.8 Å². The predicted molar refractivity (Wildman–Crippen MR) is 131 cm³/mol. The van der Waals surface area contributed by atoms with Gasteiger partial charge in [0.2, 0.25) is 6.23 Å². The molecule has 1 atom stereocenters. The van der Waals surface area contributed by atoms with E-state index in [2.05, 4.69) is 37.3 Å². The number of quaternary nitrogens is 1. The molecule has 4 nitrogen and oxygen atoms in total. The predicted octanol–water partition coefficient (Wildman–Crippen LogP) is 6.41. The van der Waals surface area contributed by atoms with Crippen LogP contribution in [0.3, 0.4) is 0 Å². The minimum Gasteiger partial charge on any atom is -0.396 e. The summed E-state index contributed by atoms with van der Waals surface area (Å²) in [5, 5.41) is 0. The Morgan fingerprint density at radius 1 is 0.969 bits per heavy atom. The summed E-state index contributed by atoms with van der Waals surface area (Å²) in [6.07, 6.45) is 9.00. The van der Waals surface area contributed by atoms with E-state index in [1.54, 1.807) is 0 Å². The van der Waals surface area contributed by atoms with E-state index in [1.165, 1.54) is 31.2 Å². The number of unbranched alkanes of at least 4 members (excludes halogenated alkanes) is 2. The van der Waals surface area contributed by atoms with Crippen LogP contribution in [-0.4, -0.2) is 43.0 Å². The summed E-state index contributed by atoms with van der Waals surface area (Å²) in [7, 11) is 0. The maximum absolute atomic E-state index is 13.3. The van der Waals surface area contributed by atoms with Crippen LogP contribution in [0.15, 0.2) is 60.7 Å². The fourth-order valence-electron chi connectivity index (χ4n) is 5.53. The van der Waals surface area contributed by atoms with Crippen LogP contribution in [0.4, 0.5) is 10.5 Å². The van der Waals surface area contributed by atoms with Gasteiger partial charge in [0, 0.05) is 31.5 Å². The zero-order valence-corrected chi connectivity index (χ0v) is 19.6. The van der Waals surface area contributed by atoms with Crippen LogP contribution in [-0.2, 0) is 11.2 Å². The molecule has 0 aliphatic carbocycles. The second-order valence-electron chi connectivity index (χ2n) is 9.69. The van der Waals surface area contributed by atoms with E-state index in [4.69, 9.17) is 4.74 Å². The van der Waals surface area contributed by atoms with E-state index in [0.717, 1.165) is 61.4 Å². The molecule has 3 aliphatic heterocycles. The molecule has 0 aromatic heterocycles. The van der Waals surface area contributed by atoms with Gasteiger partial charge in [0.25, 0.3) is 0 Å². The average molecular weight is 436 g/mol. The number of hydrogen-bond acceptors (Lipinski definition) is 2. The number of amides is 1. The fourth-order valence-corrected chi connectivity index (χ4v) is 5.53. The number of piperidine rings is 3. The normalized spacial score (nSPS) is 24.3. The van der Waals surface area contributed by atoms with Crippen molar-refractivity contribution in [2.75, 3.05) is 31.1 Å². The first-order valence-corrected chi connectivity index (χ1v) is 12.6. The average Bonchev–Trinajstić information content (AvgIpc) is 2.84. The highest BCUT2D eigenvalue weighted by atomic mass is 16.6. The molecular formula is C28H39N2O2+.